The minimum atomic E-state index is 0.0328. The van der Waals surface area contributed by atoms with E-state index in [2.05, 4.69) is 72.2 Å². The Balaban J connectivity index is 2.13. The van der Waals surface area contributed by atoms with Gasteiger partial charge in [-0.25, -0.2) is 0 Å². The van der Waals surface area contributed by atoms with Gasteiger partial charge < -0.3 is 0 Å². The molecule has 0 aromatic heterocycles. The Kier molecular flexibility index (Phi) is 4.47. The first kappa shape index (κ1) is 13.6. The van der Waals surface area contributed by atoms with Gasteiger partial charge in [0.1, 0.15) is 0 Å². The van der Waals surface area contributed by atoms with E-state index < -0.39 is 0 Å². The lowest BCUT2D eigenvalue weighted by Crippen LogP contribution is -1.97. The van der Waals surface area contributed by atoms with E-state index in [1.165, 1.54) is 22.3 Å². The quantitative estimate of drug-likeness (QED) is 0.646. The minimum Gasteiger partial charge on any atom is -0.117 e. The monoisotopic (exact) mass is 322 g/mol. The van der Waals surface area contributed by atoms with E-state index >= 15 is 0 Å². The van der Waals surface area contributed by atoms with Crippen molar-refractivity contribution in [1.82, 2.24) is 0 Å². The number of alkyl halides is 1. The molecule has 94 valence electrons. The third-order valence-electron chi connectivity index (χ3n) is 3.22. The maximum atomic E-state index is 6.49. The molecule has 0 radical (unpaired) electrons. The summed E-state index contributed by atoms with van der Waals surface area (Å²) < 4.78 is 1.10. The molecule has 2 rings (SSSR count). The van der Waals surface area contributed by atoms with Crippen LogP contribution in [-0.4, -0.2) is 0 Å². The summed E-state index contributed by atoms with van der Waals surface area (Å²) in [5.41, 5.74) is 5.07. The van der Waals surface area contributed by atoms with E-state index in [9.17, 15) is 0 Å². The second kappa shape index (κ2) is 5.90. The van der Waals surface area contributed by atoms with Crippen LogP contribution >= 0.6 is 27.5 Å². The van der Waals surface area contributed by atoms with Crippen molar-refractivity contribution in [3.05, 3.63) is 69.2 Å². The van der Waals surface area contributed by atoms with E-state index in [0.717, 1.165) is 10.9 Å². The van der Waals surface area contributed by atoms with Crippen LogP contribution in [0.1, 0.15) is 27.6 Å². The van der Waals surface area contributed by atoms with Crippen LogP contribution in [0, 0.1) is 13.8 Å². The summed E-state index contributed by atoms with van der Waals surface area (Å²) in [4.78, 5) is 0. The number of hydrogen-bond acceptors (Lipinski definition) is 0. The fraction of sp³-hybridized carbons (Fsp3) is 0.250. The zero-order valence-corrected chi connectivity index (χ0v) is 12.9. The molecule has 0 aliphatic heterocycles. The molecule has 2 aromatic rings. The molecule has 0 nitrogen and oxygen atoms in total. The normalized spacial score (nSPS) is 12.4. The summed E-state index contributed by atoms with van der Waals surface area (Å²) in [6.45, 7) is 4.25. The molecule has 0 bridgehead atoms. The highest BCUT2D eigenvalue weighted by Crippen LogP contribution is 2.27. The Bertz CT molecular complexity index is 531. The Morgan fingerprint density at radius 2 is 1.67 bits per heavy atom. The number of hydrogen-bond donors (Lipinski definition) is 0. The first-order valence-corrected chi connectivity index (χ1v) is 7.25. The second-order valence-electron chi connectivity index (χ2n) is 4.64. The largest absolute Gasteiger partial charge is 0.117 e. The van der Waals surface area contributed by atoms with Crippen LogP contribution in [0.5, 0.6) is 0 Å². The fourth-order valence-corrected chi connectivity index (χ4v) is 2.48. The molecule has 0 N–H and O–H groups in total. The Morgan fingerprint density at radius 3 is 2.28 bits per heavy atom. The summed E-state index contributed by atoms with van der Waals surface area (Å²) in [7, 11) is 0. The van der Waals surface area contributed by atoms with E-state index in [0.29, 0.717) is 0 Å². The predicted octanol–water partition coefficient (Wildman–Crippen LogP) is 5.59. The molecule has 0 aliphatic rings. The SMILES string of the molecule is Cc1ccc(C(Cl)Cc2ccc(Br)cc2)cc1C. The fourth-order valence-electron chi connectivity index (χ4n) is 1.90. The number of aryl methyl sites for hydroxylation is 2. The minimum absolute atomic E-state index is 0.0328. The van der Waals surface area contributed by atoms with Gasteiger partial charge in [-0.3, -0.25) is 0 Å². The van der Waals surface area contributed by atoms with Crippen molar-refractivity contribution in [2.24, 2.45) is 0 Å². The molecule has 0 aliphatic carbocycles. The van der Waals surface area contributed by atoms with Gasteiger partial charge in [-0.15, -0.1) is 11.6 Å². The van der Waals surface area contributed by atoms with Crippen molar-refractivity contribution in [3.8, 4) is 0 Å². The molecular weight excluding hydrogens is 308 g/mol. The highest BCUT2D eigenvalue weighted by molar-refractivity contribution is 9.10. The molecule has 1 unspecified atom stereocenters. The third-order valence-corrected chi connectivity index (χ3v) is 4.16. The zero-order chi connectivity index (χ0) is 13.1. The number of rotatable bonds is 3. The van der Waals surface area contributed by atoms with Crippen LogP contribution in [0.25, 0.3) is 0 Å². The summed E-state index contributed by atoms with van der Waals surface area (Å²) >= 11 is 9.93. The van der Waals surface area contributed by atoms with Crippen LogP contribution in [-0.2, 0) is 6.42 Å². The molecule has 1 atom stereocenters. The lowest BCUT2D eigenvalue weighted by molar-refractivity contribution is 0.916. The van der Waals surface area contributed by atoms with Gasteiger partial charge in [0, 0.05) is 4.47 Å². The van der Waals surface area contributed by atoms with Gasteiger partial charge in [0.15, 0.2) is 0 Å². The van der Waals surface area contributed by atoms with Gasteiger partial charge in [-0.05, 0) is 54.7 Å². The van der Waals surface area contributed by atoms with Crippen LogP contribution in [0.3, 0.4) is 0 Å². The lowest BCUT2D eigenvalue weighted by atomic mass is 10.00. The number of benzene rings is 2. The molecule has 0 saturated heterocycles. The van der Waals surface area contributed by atoms with Crippen LogP contribution < -0.4 is 0 Å². The Labute approximate surface area is 122 Å². The average Bonchev–Trinajstić information content (AvgIpc) is 2.35. The third kappa shape index (κ3) is 3.37. The highest BCUT2D eigenvalue weighted by atomic mass is 79.9. The smallest absolute Gasteiger partial charge is 0.0625 e. The molecule has 18 heavy (non-hydrogen) atoms. The van der Waals surface area contributed by atoms with Crippen molar-refractivity contribution < 1.29 is 0 Å². The molecule has 0 spiro atoms. The van der Waals surface area contributed by atoms with E-state index in [1.54, 1.807) is 0 Å². The molecule has 2 heteroatoms. The number of halogens is 2. The maximum absolute atomic E-state index is 6.49. The summed E-state index contributed by atoms with van der Waals surface area (Å²) in [5.74, 6) is 0. The first-order valence-electron chi connectivity index (χ1n) is 6.02. The van der Waals surface area contributed by atoms with Crippen molar-refractivity contribution in [3.63, 3.8) is 0 Å². The van der Waals surface area contributed by atoms with Crippen molar-refractivity contribution in [1.29, 1.82) is 0 Å². The van der Waals surface area contributed by atoms with Gasteiger partial charge in [0.2, 0.25) is 0 Å². The second-order valence-corrected chi connectivity index (χ2v) is 6.08. The average molecular weight is 324 g/mol. The van der Waals surface area contributed by atoms with Crippen LogP contribution in [0.4, 0.5) is 0 Å². The maximum Gasteiger partial charge on any atom is 0.0625 e. The highest BCUT2D eigenvalue weighted by Gasteiger charge is 2.09. The Hall–Kier alpha value is -0.790. The Morgan fingerprint density at radius 1 is 1.00 bits per heavy atom. The summed E-state index contributed by atoms with van der Waals surface area (Å²) in [5, 5.41) is 0.0328. The molecule has 2 aromatic carbocycles. The summed E-state index contributed by atoms with van der Waals surface area (Å²) in [6.07, 6.45) is 0.858. The van der Waals surface area contributed by atoms with Crippen LogP contribution in [0.15, 0.2) is 46.9 Å². The van der Waals surface area contributed by atoms with Crippen LogP contribution in [0.2, 0.25) is 0 Å². The van der Waals surface area contributed by atoms with Gasteiger partial charge >= 0.3 is 0 Å². The van der Waals surface area contributed by atoms with E-state index in [-0.39, 0.29) is 5.38 Å². The summed E-state index contributed by atoms with van der Waals surface area (Å²) in [6, 6.07) is 14.8. The van der Waals surface area contributed by atoms with Gasteiger partial charge in [-0.1, -0.05) is 46.3 Å². The van der Waals surface area contributed by atoms with Gasteiger partial charge in [-0.2, -0.15) is 0 Å². The standard InChI is InChI=1S/C16H16BrCl/c1-11-3-6-14(9-12(11)2)16(18)10-13-4-7-15(17)8-5-13/h3-9,16H,10H2,1-2H3. The lowest BCUT2D eigenvalue weighted by Gasteiger charge is -2.12. The van der Waals surface area contributed by atoms with E-state index in [4.69, 9.17) is 11.6 Å². The molecule has 0 saturated carbocycles. The molecule has 0 fully saturated rings. The van der Waals surface area contributed by atoms with Gasteiger partial charge in [0.25, 0.3) is 0 Å². The molecule has 0 amide bonds. The predicted molar refractivity (Wildman–Crippen MR) is 82.4 cm³/mol. The first-order chi connectivity index (χ1) is 8.56. The topological polar surface area (TPSA) is 0 Å². The molecule has 0 heterocycles. The zero-order valence-electron chi connectivity index (χ0n) is 10.6. The van der Waals surface area contributed by atoms with Crippen molar-refractivity contribution >= 4 is 27.5 Å². The molecular formula is C16H16BrCl. The van der Waals surface area contributed by atoms with Gasteiger partial charge in [0.05, 0.1) is 5.38 Å². The van der Waals surface area contributed by atoms with Crippen molar-refractivity contribution in [2.75, 3.05) is 0 Å². The van der Waals surface area contributed by atoms with Crippen molar-refractivity contribution in [2.45, 2.75) is 25.6 Å². The van der Waals surface area contributed by atoms with E-state index in [1.807, 2.05) is 0 Å².